The number of esters is 1. The van der Waals surface area contributed by atoms with E-state index in [1.165, 1.54) is 22.7 Å². The van der Waals surface area contributed by atoms with Crippen LogP contribution in [0.25, 0.3) is 0 Å². The number of hydrogen-bond acceptors (Lipinski definition) is 6. The monoisotopic (exact) mass is 537 g/mol. The van der Waals surface area contributed by atoms with Crippen molar-refractivity contribution in [2.24, 2.45) is 0 Å². The largest absolute Gasteiger partial charge is 1.00 e. The molecule has 0 aliphatic carbocycles. The highest BCUT2D eigenvalue weighted by molar-refractivity contribution is 7.12. The van der Waals surface area contributed by atoms with Crippen LogP contribution in [0.5, 0.6) is 0 Å². The van der Waals surface area contributed by atoms with Crippen LogP contribution in [0.15, 0.2) is 35.0 Å². The Kier molecular flexibility index (Phi) is 6.01. The molecule has 0 amide bonds. The Morgan fingerprint density at radius 3 is 2.07 bits per heavy atom. The Balaban J connectivity index is 0.00000112. The Morgan fingerprint density at radius 2 is 1.64 bits per heavy atom. The van der Waals surface area contributed by atoms with Gasteiger partial charge in [-0.15, -0.1) is 22.7 Å². The van der Waals surface area contributed by atoms with Crippen molar-refractivity contribution in [3.63, 3.8) is 0 Å². The van der Waals surface area contributed by atoms with Crippen LogP contribution < -0.4 is 24.0 Å². The van der Waals surface area contributed by atoms with E-state index in [1.54, 1.807) is 12.1 Å². The average molecular weight is 537 g/mol. The second-order valence-electron chi connectivity index (χ2n) is 7.99. The molecule has 0 aromatic carbocycles. The number of ether oxygens (including phenoxy) is 2. The summed E-state index contributed by atoms with van der Waals surface area (Å²) in [5.41, 5.74) is -1.72. The van der Waals surface area contributed by atoms with E-state index >= 15 is 0 Å². The van der Waals surface area contributed by atoms with Crippen LogP contribution in [0.4, 0.5) is 0 Å². The first-order valence-corrected chi connectivity index (χ1v) is 10.7. The molecule has 0 radical (unpaired) electrons. The number of quaternary nitrogens is 1. The van der Waals surface area contributed by atoms with Gasteiger partial charge in [0.25, 0.3) is 0 Å². The Morgan fingerprint density at radius 1 is 1.14 bits per heavy atom. The van der Waals surface area contributed by atoms with E-state index in [9.17, 15) is 9.90 Å². The van der Waals surface area contributed by atoms with Gasteiger partial charge in [0, 0.05) is 12.8 Å². The number of likely N-dealkylation sites (N-methyl/N-ethyl adjacent to an activating group) is 1. The van der Waals surface area contributed by atoms with Gasteiger partial charge in [0.2, 0.25) is 5.60 Å². The number of rotatable bonds is 4. The van der Waals surface area contributed by atoms with E-state index in [0.717, 1.165) is 17.3 Å². The average Bonchev–Trinajstić information content (AvgIpc) is 2.98. The van der Waals surface area contributed by atoms with Gasteiger partial charge in [-0.2, -0.15) is 0 Å². The fourth-order valence-electron chi connectivity index (χ4n) is 4.83. The van der Waals surface area contributed by atoms with Crippen molar-refractivity contribution in [2.75, 3.05) is 14.1 Å². The molecule has 5 heterocycles. The molecule has 3 saturated heterocycles. The second-order valence-corrected chi connectivity index (χ2v) is 9.89. The third-order valence-electron chi connectivity index (χ3n) is 6.36. The predicted molar refractivity (Wildman–Crippen MR) is 103 cm³/mol. The number of epoxide rings is 1. The summed E-state index contributed by atoms with van der Waals surface area (Å²) >= 11 is 2.74. The minimum absolute atomic E-state index is 0. The van der Waals surface area contributed by atoms with Crippen molar-refractivity contribution in [2.45, 2.75) is 48.8 Å². The number of halogens is 1. The number of thiophene rings is 2. The van der Waals surface area contributed by atoms with Gasteiger partial charge in [-0.1, -0.05) is 12.1 Å². The van der Waals surface area contributed by atoms with Crippen LogP contribution in [0.1, 0.15) is 22.6 Å². The Bertz CT molecular complexity index is 771. The van der Waals surface area contributed by atoms with Gasteiger partial charge in [-0.25, -0.2) is 4.79 Å². The van der Waals surface area contributed by atoms with E-state index in [4.69, 9.17) is 9.47 Å². The quantitative estimate of drug-likeness (QED) is 0.223. The lowest BCUT2D eigenvalue weighted by Gasteiger charge is -2.45. The number of morpholine rings is 1. The lowest BCUT2D eigenvalue weighted by molar-refractivity contribution is -0.938. The van der Waals surface area contributed by atoms with Gasteiger partial charge in [0.15, 0.2) is 0 Å². The normalized spacial score (nSPS) is 31.9. The minimum Gasteiger partial charge on any atom is -1.00 e. The van der Waals surface area contributed by atoms with E-state index in [1.807, 2.05) is 22.9 Å². The molecule has 2 aromatic rings. The topological polar surface area (TPSA) is 90.6 Å². The van der Waals surface area contributed by atoms with Crippen LogP contribution in [-0.2, 0) is 19.9 Å². The van der Waals surface area contributed by atoms with Crippen molar-refractivity contribution >= 4 is 28.6 Å². The van der Waals surface area contributed by atoms with Crippen molar-refractivity contribution < 1.29 is 53.3 Å². The SMILES string of the molecule is C[N+]1(C)[C@H]2CC(OC(=O)C(O)(c3cccs3)c3cccs3)C[C@H]1[C@H]1O[C@H]12.O.[I-]. The molecular weight excluding hydrogens is 513 g/mol. The lowest BCUT2D eigenvalue weighted by Crippen LogP contribution is -3.00. The number of fused-ring (bicyclic) bond motifs is 5. The smallest absolute Gasteiger partial charge is 0.349 e. The second kappa shape index (κ2) is 7.60. The summed E-state index contributed by atoms with van der Waals surface area (Å²) in [4.78, 5) is 14.3. The summed E-state index contributed by atoms with van der Waals surface area (Å²) in [5.74, 6) is -0.561. The molecule has 0 saturated carbocycles. The fraction of sp³-hybridized carbons (Fsp3) is 0.526. The molecule has 154 valence electrons. The number of carbonyl (C=O) groups is 1. The molecule has 3 fully saturated rings. The Labute approximate surface area is 189 Å². The van der Waals surface area contributed by atoms with Gasteiger partial charge >= 0.3 is 5.97 Å². The summed E-state index contributed by atoms with van der Waals surface area (Å²) < 4.78 is 12.6. The van der Waals surface area contributed by atoms with Crippen LogP contribution in [-0.4, -0.2) is 65.5 Å². The van der Waals surface area contributed by atoms with Gasteiger partial charge in [-0.05, 0) is 22.9 Å². The van der Waals surface area contributed by atoms with E-state index < -0.39 is 11.6 Å². The van der Waals surface area contributed by atoms with Gasteiger partial charge in [0.1, 0.15) is 30.4 Å². The third-order valence-corrected chi connectivity index (χ3v) is 8.32. The van der Waals surface area contributed by atoms with Gasteiger partial charge in [0.05, 0.1) is 23.8 Å². The molecular formula is C19H24INO5S2. The van der Waals surface area contributed by atoms with Crippen molar-refractivity contribution in [1.29, 1.82) is 0 Å². The number of aliphatic hydroxyl groups is 1. The molecule has 1 unspecified atom stereocenters. The molecule has 3 aliphatic rings. The molecule has 5 atom stereocenters. The maximum Gasteiger partial charge on any atom is 0.349 e. The first-order chi connectivity index (χ1) is 12.4. The molecule has 2 bridgehead atoms. The van der Waals surface area contributed by atoms with Crippen LogP contribution in [0.2, 0.25) is 0 Å². The molecule has 28 heavy (non-hydrogen) atoms. The summed E-state index contributed by atoms with van der Waals surface area (Å²) in [6.07, 6.45) is 2.05. The summed E-state index contributed by atoms with van der Waals surface area (Å²) in [6, 6.07) is 8.01. The van der Waals surface area contributed by atoms with E-state index in [-0.39, 0.29) is 35.6 Å². The molecule has 9 heteroatoms. The standard InChI is InChI=1S/C19H22NO4S2.HI.H2O/c1-20(2)12-9-11(10-13(20)17-16(12)24-17)23-18(21)19(22,14-5-3-7-25-14)15-6-4-8-26-15;;/h3-8,11-13,16-17,22H,9-10H2,1-2H3;1H;1H2/q+1;;/p-1/t11?,12-,13-,16-,17+;;/m0../s1. The molecule has 2 aromatic heterocycles. The van der Waals surface area contributed by atoms with Gasteiger partial charge in [-0.3, -0.25) is 0 Å². The molecule has 6 nitrogen and oxygen atoms in total. The maximum absolute atomic E-state index is 13.1. The van der Waals surface area contributed by atoms with Crippen molar-refractivity contribution in [1.82, 2.24) is 0 Å². The van der Waals surface area contributed by atoms with Crippen LogP contribution in [0, 0.1) is 0 Å². The van der Waals surface area contributed by atoms with Crippen LogP contribution >= 0.6 is 22.7 Å². The first kappa shape index (κ1) is 22.1. The summed E-state index contributed by atoms with van der Waals surface area (Å²) in [5, 5.41) is 15.1. The molecule has 3 N–H and O–H groups in total. The van der Waals surface area contributed by atoms with Gasteiger partial charge < -0.3 is 48.5 Å². The first-order valence-electron chi connectivity index (χ1n) is 8.92. The molecule has 0 spiro atoms. The summed E-state index contributed by atoms with van der Waals surface area (Å²) in [7, 11) is 4.49. The highest BCUT2D eigenvalue weighted by Gasteiger charge is 2.71. The Hall–Kier alpha value is -0.560. The van der Waals surface area contributed by atoms with Crippen molar-refractivity contribution in [3.8, 4) is 0 Å². The number of hydrogen-bond donors (Lipinski definition) is 1. The number of nitrogens with zero attached hydrogens (tertiary/aromatic N) is 1. The van der Waals surface area contributed by atoms with Crippen molar-refractivity contribution in [3.05, 3.63) is 44.8 Å². The fourth-order valence-corrected chi connectivity index (χ4v) is 6.54. The van der Waals surface area contributed by atoms with Crippen LogP contribution in [0.3, 0.4) is 0 Å². The zero-order chi connectivity index (χ0) is 18.1. The highest BCUT2D eigenvalue weighted by Crippen LogP contribution is 2.52. The number of piperidine rings is 1. The predicted octanol–water partition coefficient (Wildman–Crippen LogP) is -1.47. The number of carbonyl (C=O) groups excluding carboxylic acids is 1. The third kappa shape index (κ3) is 3.15. The zero-order valence-corrected chi connectivity index (χ0v) is 19.4. The highest BCUT2D eigenvalue weighted by atomic mass is 127. The minimum atomic E-state index is -1.72. The van der Waals surface area contributed by atoms with E-state index in [2.05, 4.69) is 14.1 Å². The van der Waals surface area contributed by atoms with E-state index in [0.29, 0.717) is 34.0 Å². The maximum atomic E-state index is 13.1. The summed E-state index contributed by atoms with van der Waals surface area (Å²) in [6.45, 7) is 0. The zero-order valence-electron chi connectivity index (χ0n) is 15.6. The molecule has 5 rings (SSSR count). The lowest BCUT2D eigenvalue weighted by atomic mass is 9.95. The molecule has 3 aliphatic heterocycles.